The lowest BCUT2D eigenvalue weighted by atomic mass is 9.52. The van der Waals surface area contributed by atoms with Gasteiger partial charge in [0.15, 0.2) is 0 Å². The van der Waals surface area contributed by atoms with Crippen LogP contribution in [0, 0.1) is 11.3 Å². The van der Waals surface area contributed by atoms with Crippen molar-refractivity contribution in [2.75, 3.05) is 30.4 Å². The lowest BCUT2D eigenvalue weighted by Crippen LogP contribution is -2.51. The molecule has 5 fully saturated rings. The van der Waals surface area contributed by atoms with E-state index in [1.165, 1.54) is 18.4 Å². The number of aromatic nitrogens is 3. The first kappa shape index (κ1) is 27.6. The van der Waals surface area contributed by atoms with Gasteiger partial charge >= 0.3 is 0 Å². The number of hydrogen-bond acceptors (Lipinski definition) is 5. The fraction of sp³-hybridized carbons (Fsp3) is 0.571. The molecule has 2 aromatic heterocycles. The zero-order valence-electron chi connectivity index (χ0n) is 25.2. The van der Waals surface area contributed by atoms with Crippen LogP contribution in [0.1, 0.15) is 88.7 Å². The second kappa shape index (κ2) is 10.8. The highest BCUT2D eigenvalue weighted by atomic mass is 16.3. The van der Waals surface area contributed by atoms with Crippen LogP contribution in [0.5, 0.6) is 0 Å². The molecule has 2 bridgehead atoms. The van der Waals surface area contributed by atoms with Crippen LogP contribution in [0.15, 0.2) is 55.0 Å². The van der Waals surface area contributed by atoms with Crippen molar-refractivity contribution < 1.29 is 9.90 Å². The second-order valence-electron chi connectivity index (χ2n) is 14.0. The number of aliphatic hydroxyl groups is 1. The Morgan fingerprint density at radius 2 is 1.67 bits per heavy atom. The normalized spacial score (nSPS) is 28.9. The number of carbonyl (C=O) groups excluding carboxylic acids is 1. The number of pyridine rings is 1. The predicted octanol–water partition coefficient (Wildman–Crippen LogP) is 6.52. The Kier molecular flexibility index (Phi) is 7.12. The largest absolute Gasteiger partial charge is 0.393 e. The number of fused-ring (bicyclic) bond motifs is 3. The molecule has 0 aliphatic heterocycles. The number of nitrogens with zero attached hydrogens (tertiary/aromatic N) is 5. The van der Waals surface area contributed by atoms with E-state index in [2.05, 4.69) is 68.4 Å². The molecule has 7 heteroatoms. The van der Waals surface area contributed by atoms with Crippen molar-refractivity contribution in [3.8, 4) is 11.1 Å². The fourth-order valence-corrected chi connectivity index (χ4v) is 7.95. The number of rotatable bonds is 8. The van der Waals surface area contributed by atoms with Gasteiger partial charge in [-0.2, -0.15) is 5.10 Å². The van der Waals surface area contributed by atoms with E-state index in [4.69, 9.17) is 4.98 Å². The molecule has 1 aromatic carbocycles. The molecule has 0 spiro atoms. The van der Waals surface area contributed by atoms with Gasteiger partial charge in [0, 0.05) is 50.2 Å². The van der Waals surface area contributed by atoms with Crippen molar-refractivity contribution in [1.82, 2.24) is 14.8 Å². The molecule has 3 aromatic rings. The minimum atomic E-state index is -0.265. The first-order chi connectivity index (χ1) is 20.3. The third-order valence-electron chi connectivity index (χ3n) is 11.0. The Morgan fingerprint density at radius 3 is 2.31 bits per heavy atom. The molecule has 5 saturated carbocycles. The van der Waals surface area contributed by atoms with Crippen LogP contribution >= 0.6 is 0 Å². The maximum Gasteiger partial charge on any atom is 0.230 e. The van der Waals surface area contributed by atoms with Crippen LogP contribution in [0.3, 0.4) is 0 Å². The summed E-state index contributed by atoms with van der Waals surface area (Å²) >= 11 is 0. The third kappa shape index (κ3) is 5.25. The Hall–Kier alpha value is -3.19. The fourth-order valence-electron chi connectivity index (χ4n) is 7.95. The van der Waals surface area contributed by atoms with Crippen LogP contribution in [0.2, 0.25) is 0 Å². The molecule has 0 unspecified atom stereocenters. The summed E-state index contributed by atoms with van der Waals surface area (Å²) in [5.74, 6) is 1.23. The molecular formula is C35H45N5O2. The molecular weight excluding hydrogens is 522 g/mol. The van der Waals surface area contributed by atoms with Gasteiger partial charge in [0.2, 0.25) is 5.91 Å². The van der Waals surface area contributed by atoms with Crippen molar-refractivity contribution in [3.63, 3.8) is 0 Å². The topological polar surface area (TPSA) is 74.5 Å². The van der Waals surface area contributed by atoms with E-state index in [0.29, 0.717) is 6.04 Å². The molecule has 0 atom stereocenters. The van der Waals surface area contributed by atoms with Gasteiger partial charge in [-0.15, -0.1) is 0 Å². The Bertz CT molecular complexity index is 1390. The van der Waals surface area contributed by atoms with E-state index in [1.807, 2.05) is 20.3 Å². The van der Waals surface area contributed by atoms with Crippen LogP contribution in [-0.2, 0) is 10.2 Å². The molecule has 5 aliphatic carbocycles. The standard InChI is InChI=1S/C35H45N5O2/c1-38(2)32-13-8-28(22-36-32)35-17-14-34(15-18-35,16-19-35)24-39(33(42)25-6-11-31(41)12-7-25)30-5-3-4-26(20-30)27-21-37-40(23-27)29-9-10-29/h3-5,8,13,20-23,25,29,31,41H,6-7,9-12,14-19,24H2,1-2H3. The summed E-state index contributed by atoms with van der Waals surface area (Å²) in [6, 6.07) is 13.6. The van der Waals surface area contributed by atoms with Gasteiger partial charge in [0.1, 0.15) is 5.82 Å². The zero-order valence-corrected chi connectivity index (χ0v) is 25.2. The molecule has 7 nitrogen and oxygen atoms in total. The Morgan fingerprint density at radius 1 is 0.929 bits per heavy atom. The highest BCUT2D eigenvalue weighted by Crippen LogP contribution is 2.58. The molecule has 8 rings (SSSR count). The average Bonchev–Trinajstić information content (AvgIpc) is 3.77. The average molecular weight is 568 g/mol. The van der Waals surface area contributed by atoms with Crippen LogP contribution in [0.25, 0.3) is 11.1 Å². The van der Waals surface area contributed by atoms with Crippen molar-refractivity contribution in [1.29, 1.82) is 0 Å². The van der Waals surface area contributed by atoms with Crippen LogP contribution in [0.4, 0.5) is 11.5 Å². The predicted molar refractivity (Wildman–Crippen MR) is 167 cm³/mol. The summed E-state index contributed by atoms with van der Waals surface area (Å²) in [6.07, 6.45) is 18.3. The minimum absolute atomic E-state index is 0.0152. The smallest absolute Gasteiger partial charge is 0.230 e. The molecule has 222 valence electrons. The lowest BCUT2D eigenvalue weighted by Gasteiger charge is -2.55. The van der Waals surface area contributed by atoms with Gasteiger partial charge in [-0.1, -0.05) is 18.2 Å². The quantitative estimate of drug-likeness (QED) is 0.335. The van der Waals surface area contributed by atoms with Gasteiger partial charge in [0.25, 0.3) is 0 Å². The maximum atomic E-state index is 14.3. The number of carbonyl (C=O) groups is 1. The number of aliphatic hydroxyl groups excluding tert-OH is 1. The number of benzene rings is 1. The maximum absolute atomic E-state index is 14.3. The SMILES string of the molecule is CN(C)c1ccc(C23CCC(CN(C(=O)C4CCC(O)CC4)c4cccc(-c5cnn(C6CC6)c5)c4)(CC2)CC3)cn1. The second-order valence-corrected chi connectivity index (χ2v) is 14.0. The van der Waals surface area contributed by atoms with E-state index >= 15 is 0 Å². The first-order valence-electron chi connectivity index (χ1n) is 16.1. The summed E-state index contributed by atoms with van der Waals surface area (Å²) < 4.78 is 2.09. The summed E-state index contributed by atoms with van der Waals surface area (Å²) in [4.78, 5) is 23.2. The molecule has 2 heterocycles. The Balaban J connectivity index is 1.14. The monoisotopic (exact) mass is 567 g/mol. The number of amides is 1. The third-order valence-corrected chi connectivity index (χ3v) is 11.0. The van der Waals surface area contributed by atoms with Crippen molar-refractivity contribution in [2.24, 2.45) is 11.3 Å². The molecule has 0 saturated heterocycles. The van der Waals surface area contributed by atoms with Gasteiger partial charge in [0.05, 0.1) is 18.3 Å². The van der Waals surface area contributed by atoms with E-state index in [9.17, 15) is 9.90 Å². The van der Waals surface area contributed by atoms with Crippen molar-refractivity contribution in [2.45, 2.75) is 94.6 Å². The van der Waals surface area contributed by atoms with Gasteiger partial charge < -0.3 is 14.9 Å². The molecule has 1 amide bonds. The van der Waals surface area contributed by atoms with E-state index in [0.717, 1.165) is 93.4 Å². The highest BCUT2D eigenvalue weighted by molar-refractivity contribution is 5.96. The number of anilines is 2. The molecule has 0 radical (unpaired) electrons. The van der Waals surface area contributed by atoms with Crippen LogP contribution in [-0.4, -0.2) is 52.5 Å². The van der Waals surface area contributed by atoms with Crippen molar-refractivity contribution >= 4 is 17.4 Å². The Labute approximate surface area is 249 Å². The summed E-state index contributed by atoms with van der Waals surface area (Å²) in [5, 5.41) is 14.8. The summed E-state index contributed by atoms with van der Waals surface area (Å²) in [7, 11) is 4.07. The minimum Gasteiger partial charge on any atom is -0.393 e. The van der Waals surface area contributed by atoms with Gasteiger partial charge in [-0.3, -0.25) is 9.48 Å². The van der Waals surface area contributed by atoms with Gasteiger partial charge in [-0.25, -0.2) is 4.98 Å². The van der Waals surface area contributed by atoms with E-state index in [1.54, 1.807) is 0 Å². The summed E-state index contributed by atoms with van der Waals surface area (Å²) in [6.45, 7) is 0.781. The number of hydrogen-bond donors (Lipinski definition) is 1. The zero-order chi connectivity index (χ0) is 28.9. The molecule has 5 aliphatic rings. The van der Waals surface area contributed by atoms with E-state index < -0.39 is 0 Å². The van der Waals surface area contributed by atoms with Crippen LogP contribution < -0.4 is 9.80 Å². The first-order valence-corrected chi connectivity index (χ1v) is 16.1. The van der Waals surface area contributed by atoms with Gasteiger partial charge in [-0.05, 0) is 117 Å². The molecule has 42 heavy (non-hydrogen) atoms. The molecule has 1 N–H and O–H groups in total. The highest BCUT2D eigenvalue weighted by Gasteiger charge is 2.50. The lowest BCUT2D eigenvalue weighted by molar-refractivity contribution is -0.124. The van der Waals surface area contributed by atoms with Crippen molar-refractivity contribution in [3.05, 3.63) is 60.6 Å². The summed E-state index contributed by atoms with van der Waals surface area (Å²) in [5.41, 5.74) is 4.99. The van der Waals surface area contributed by atoms with E-state index in [-0.39, 0.29) is 28.8 Å².